The van der Waals surface area contributed by atoms with E-state index in [-0.39, 0.29) is 40.2 Å². The van der Waals surface area contributed by atoms with E-state index < -0.39 is 11.6 Å². The summed E-state index contributed by atoms with van der Waals surface area (Å²) in [6.45, 7) is 1.76. The summed E-state index contributed by atoms with van der Waals surface area (Å²) in [5.74, 6) is 2.00. The third-order valence-electron chi connectivity index (χ3n) is 7.11. The molecule has 7 heteroatoms. The molecule has 4 N–H and O–H groups in total. The molecule has 1 unspecified atom stereocenters. The van der Waals surface area contributed by atoms with Crippen LogP contribution in [0.4, 0.5) is 14.5 Å². The van der Waals surface area contributed by atoms with Crippen LogP contribution >= 0.6 is 0 Å². The molecule has 2 aromatic carbocycles. The predicted octanol–water partition coefficient (Wildman–Crippen LogP) is 4.27. The number of fused-ring (bicyclic) bond motifs is 2. The normalized spacial score (nSPS) is 23.2. The number of benzene rings is 2. The molecule has 33 heavy (non-hydrogen) atoms. The lowest BCUT2D eigenvalue weighted by molar-refractivity contribution is 0.476. The highest BCUT2D eigenvalue weighted by Gasteiger charge is 2.55. The van der Waals surface area contributed by atoms with Crippen LogP contribution in [-0.4, -0.2) is 34.9 Å². The lowest BCUT2D eigenvalue weighted by Gasteiger charge is -2.18. The third kappa shape index (κ3) is 3.17. The molecule has 0 bridgehead atoms. The molecule has 1 aliphatic heterocycles. The largest absolute Gasteiger partial charge is 0.508 e. The Bertz CT molecular complexity index is 1370. The fourth-order valence-corrected chi connectivity index (χ4v) is 5.23. The summed E-state index contributed by atoms with van der Waals surface area (Å²) in [6, 6.07) is 5.71. The zero-order valence-corrected chi connectivity index (χ0v) is 17.8. The number of nitrogens with zero attached hydrogens (tertiary/aromatic N) is 1. The number of piperidine rings is 1. The molecule has 2 heterocycles. The first kappa shape index (κ1) is 20.1. The third-order valence-corrected chi connectivity index (χ3v) is 7.11. The van der Waals surface area contributed by atoms with Crippen LogP contribution in [0.5, 0.6) is 5.75 Å². The highest BCUT2D eigenvalue weighted by Crippen LogP contribution is 2.51. The first-order chi connectivity index (χ1) is 16.0. The molecular weight excluding hydrogens is 422 g/mol. The molecule has 1 saturated heterocycles. The van der Waals surface area contributed by atoms with E-state index in [1.54, 1.807) is 0 Å². The predicted molar refractivity (Wildman–Crippen MR) is 124 cm³/mol. The van der Waals surface area contributed by atoms with Gasteiger partial charge in [-0.3, -0.25) is 4.98 Å². The van der Waals surface area contributed by atoms with Gasteiger partial charge in [-0.15, -0.1) is 6.42 Å². The highest BCUT2D eigenvalue weighted by atomic mass is 19.1. The van der Waals surface area contributed by atoms with E-state index in [0.29, 0.717) is 33.9 Å². The van der Waals surface area contributed by atoms with Crippen molar-refractivity contribution in [3.05, 3.63) is 53.2 Å². The molecule has 2 aliphatic carbocycles. The number of nitrogens with one attached hydrogen (secondary N) is 3. The maximum atomic E-state index is 16.1. The Morgan fingerprint density at radius 1 is 1.21 bits per heavy atom. The van der Waals surface area contributed by atoms with Crippen molar-refractivity contribution < 1.29 is 13.9 Å². The molecule has 5 nitrogen and oxygen atoms in total. The molecule has 0 amide bonds. The van der Waals surface area contributed by atoms with Crippen LogP contribution in [0.2, 0.25) is 0 Å². The van der Waals surface area contributed by atoms with Gasteiger partial charge >= 0.3 is 0 Å². The van der Waals surface area contributed by atoms with Gasteiger partial charge in [-0.25, -0.2) is 8.78 Å². The first-order valence-electron chi connectivity index (χ1n) is 11.1. The number of terminal acetylenes is 1. The Kier molecular flexibility index (Phi) is 4.43. The monoisotopic (exact) mass is 444 g/mol. The second-order valence-corrected chi connectivity index (χ2v) is 9.21. The first-order valence-corrected chi connectivity index (χ1v) is 11.1. The maximum absolute atomic E-state index is 16.1. The fourth-order valence-electron chi connectivity index (χ4n) is 5.23. The standard InChI is InChI=1S/C26H22F2N4O/c1-2-15-20(27)6-3-12-7-14(33)8-16(21(12)15)25-23(28)26(32-13-4-5-13)19(11-31-25)24(29)22-17-9-30-10-18(17)22/h1,3,6-8,11,13,17-18,22,29-30,33H,4-5,9-10H2,(H,31,32)/t17-,18+,22?. The van der Waals surface area contributed by atoms with Crippen molar-refractivity contribution in [2.24, 2.45) is 17.8 Å². The molecule has 166 valence electrons. The van der Waals surface area contributed by atoms with Gasteiger partial charge in [-0.05, 0) is 61.4 Å². The van der Waals surface area contributed by atoms with Gasteiger partial charge in [0.05, 0.1) is 11.3 Å². The molecule has 3 aliphatic rings. The number of aromatic hydroxyl groups is 1. The Balaban J connectivity index is 1.53. The Labute approximate surface area is 189 Å². The van der Waals surface area contributed by atoms with Crippen LogP contribution in [0.1, 0.15) is 24.0 Å². The maximum Gasteiger partial charge on any atom is 0.173 e. The van der Waals surface area contributed by atoms with Crippen molar-refractivity contribution in [2.75, 3.05) is 18.4 Å². The van der Waals surface area contributed by atoms with E-state index in [4.69, 9.17) is 11.8 Å². The Morgan fingerprint density at radius 3 is 2.67 bits per heavy atom. The van der Waals surface area contributed by atoms with Gasteiger partial charge in [0.25, 0.3) is 0 Å². The number of rotatable bonds is 5. The summed E-state index contributed by atoms with van der Waals surface area (Å²) < 4.78 is 30.6. The van der Waals surface area contributed by atoms with Gasteiger partial charge in [0.1, 0.15) is 17.3 Å². The van der Waals surface area contributed by atoms with Gasteiger partial charge in [0, 0.05) is 40.4 Å². The molecular formula is C26H22F2N4O. The van der Waals surface area contributed by atoms with Gasteiger partial charge < -0.3 is 21.1 Å². The second kappa shape index (κ2) is 7.26. The molecule has 0 radical (unpaired) electrons. The SMILES string of the molecule is C#Cc1c(F)ccc2cc(O)cc(-c3ncc(C(=N)C4[C@H]5CNC[C@@H]45)c(NC4CC4)c3F)c12. The topological polar surface area (TPSA) is 81.0 Å². The van der Waals surface area contributed by atoms with E-state index in [9.17, 15) is 9.50 Å². The van der Waals surface area contributed by atoms with Crippen molar-refractivity contribution in [2.45, 2.75) is 18.9 Å². The molecule has 2 saturated carbocycles. The summed E-state index contributed by atoms with van der Waals surface area (Å²) in [5, 5.41) is 26.5. The summed E-state index contributed by atoms with van der Waals surface area (Å²) in [5.41, 5.74) is 1.31. The van der Waals surface area contributed by atoms with Crippen molar-refractivity contribution in [3.63, 3.8) is 0 Å². The number of aromatic nitrogens is 1. The van der Waals surface area contributed by atoms with Crippen LogP contribution in [0.25, 0.3) is 22.0 Å². The van der Waals surface area contributed by atoms with E-state index in [1.165, 1.54) is 30.5 Å². The molecule has 3 aromatic rings. The van der Waals surface area contributed by atoms with Crippen molar-refractivity contribution >= 4 is 22.2 Å². The second-order valence-electron chi connectivity index (χ2n) is 9.21. The van der Waals surface area contributed by atoms with E-state index >= 15 is 4.39 Å². The van der Waals surface area contributed by atoms with Crippen LogP contribution in [0.15, 0.2) is 30.5 Å². The van der Waals surface area contributed by atoms with Crippen molar-refractivity contribution in [1.29, 1.82) is 5.41 Å². The van der Waals surface area contributed by atoms with E-state index in [0.717, 1.165) is 25.9 Å². The summed E-state index contributed by atoms with van der Waals surface area (Å²) >= 11 is 0. The number of pyridine rings is 1. The summed E-state index contributed by atoms with van der Waals surface area (Å²) in [4.78, 5) is 4.38. The minimum atomic E-state index is -0.618. The molecule has 3 atom stereocenters. The van der Waals surface area contributed by atoms with Crippen molar-refractivity contribution in [1.82, 2.24) is 10.3 Å². The number of phenols is 1. The lowest BCUT2D eigenvalue weighted by Crippen LogP contribution is -2.21. The zero-order valence-electron chi connectivity index (χ0n) is 17.8. The lowest BCUT2D eigenvalue weighted by atomic mass is 9.94. The smallest absolute Gasteiger partial charge is 0.173 e. The van der Waals surface area contributed by atoms with E-state index in [2.05, 4.69) is 21.5 Å². The minimum Gasteiger partial charge on any atom is -0.508 e. The quantitative estimate of drug-likeness (QED) is 0.350. The molecule has 0 spiro atoms. The van der Waals surface area contributed by atoms with Gasteiger partial charge in [0.15, 0.2) is 5.82 Å². The van der Waals surface area contributed by atoms with Gasteiger partial charge in [-0.1, -0.05) is 12.0 Å². The highest BCUT2D eigenvalue weighted by molar-refractivity contribution is 6.08. The van der Waals surface area contributed by atoms with Crippen LogP contribution in [0.3, 0.4) is 0 Å². The van der Waals surface area contributed by atoms with Crippen LogP contribution < -0.4 is 10.6 Å². The van der Waals surface area contributed by atoms with Crippen molar-refractivity contribution in [3.8, 4) is 29.4 Å². The average Bonchev–Trinajstić information content (AvgIpc) is 3.71. The number of anilines is 1. The molecule has 3 fully saturated rings. The van der Waals surface area contributed by atoms with Gasteiger partial charge in [0.2, 0.25) is 0 Å². The number of hydrogen-bond acceptors (Lipinski definition) is 5. The number of phenolic OH excluding ortho intramolecular Hbond substituents is 1. The fraction of sp³-hybridized carbons (Fsp3) is 0.308. The summed E-state index contributed by atoms with van der Waals surface area (Å²) in [7, 11) is 0. The summed E-state index contributed by atoms with van der Waals surface area (Å²) in [6.07, 6.45) is 8.97. The number of hydrogen-bond donors (Lipinski definition) is 4. The Morgan fingerprint density at radius 2 is 1.97 bits per heavy atom. The number of halogens is 2. The van der Waals surface area contributed by atoms with Crippen LogP contribution in [0, 0.1) is 47.1 Å². The Hall–Kier alpha value is -3.50. The van der Waals surface area contributed by atoms with Gasteiger partial charge in [-0.2, -0.15) is 0 Å². The van der Waals surface area contributed by atoms with Crippen LogP contribution in [-0.2, 0) is 0 Å². The molecule has 6 rings (SSSR count). The average molecular weight is 444 g/mol. The zero-order chi connectivity index (χ0) is 22.9. The van der Waals surface area contributed by atoms with E-state index in [1.807, 2.05) is 0 Å². The minimum absolute atomic E-state index is 0.00414. The molecule has 1 aromatic heterocycles.